The van der Waals surface area contributed by atoms with E-state index in [1.807, 2.05) is 0 Å². The Bertz CT molecular complexity index is 181. The van der Waals surface area contributed by atoms with Crippen LogP contribution in [0.15, 0.2) is 30.3 Å². The predicted molar refractivity (Wildman–Crippen MR) is 57.7 cm³/mol. The van der Waals surface area contributed by atoms with E-state index in [9.17, 15) is 0 Å². The van der Waals surface area contributed by atoms with E-state index in [4.69, 9.17) is 0 Å². The van der Waals surface area contributed by atoms with Gasteiger partial charge in [-0.3, -0.25) is 0 Å². The van der Waals surface area contributed by atoms with Crippen molar-refractivity contribution in [3.63, 3.8) is 0 Å². The van der Waals surface area contributed by atoms with Crippen LogP contribution in [0.25, 0.3) is 0 Å². The summed E-state index contributed by atoms with van der Waals surface area (Å²) in [5.74, 6) is 0. The lowest BCUT2D eigenvalue weighted by molar-refractivity contribution is 0.838. The average molecular weight is 259 g/mol. The molecule has 1 heteroatoms. The molecule has 1 rings (SSSR count). The van der Waals surface area contributed by atoms with Gasteiger partial charge in [0, 0.05) is 4.43 Å². The molecule has 59 valence electrons. The third kappa shape index (κ3) is 3.75. The maximum Gasteiger partial charge on any atom is 0.0228 e. The molecule has 1 aromatic rings. The number of hydrogen-bond donors (Lipinski definition) is 0. The standard InChI is InChI=1S/C10H12I/c11-9-5-4-8-10-6-2-1-3-7-10/h1-3,6-7,9H,4-5,8H2. The Morgan fingerprint density at radius 3 is 2.55 bits per heavy atom. The zero-order valence-corrected chi connectivity index (χ0v) is 8.62. The van der Waals surface area contributed by atoms with Gasteiger partial charge in [-0.1, -0.05) is 52.9 Å². The molecule has 0 amide bonds. The van der Waals surface area contributed by atoms with E-state index >= 15 is 0 Å². The summed E-state index contributed by atoms with van der Waals surface area (Å²) in [6.45, 7) is 0. The van der Waals surface area contributed by atoms with E-state index < -0.39 is 0 Å². The minimum absolute atomic E-state index is 1.21. The summed E-state index contributed by atoms with van der Waals surface area (Å²) in [4.78, 5) is 0. The fraction of sp³-hybridized carbons (Fsp3) is 0.300. The van der Waals surface area contributed by atoms with Crippen molar-refractivity contribution < 1.29 is 0 Å². The van der Waals surface area contributed by atoms with Crippen LogP contribution in [0.3, 0.4) is 0 Å². The molecule has 0 spiro atoms. The molecular weight excluding hydrogens is 247 g/mol. The zero-order chi connectivity index (χ0) is 7.94. The molecule has 0 N–H and O–H groups in total. The summed E-state index contributed by atoms with van der Waals surface area (Å²) in [5, 5.41) is 0. The highest BCUT2D eigenvalue weighted by Crippen LogP contribution is 2.07. The summed E-state index contributed by atoms with van der Waals surface area (Å²) in [5.41, 5.74) is 1.45. The Labute approximate surface area is 82.2 Å². The van der Waals surface area contributed by atoms with Gasteiger partial charge in [0.25, 0.3) is 0 Å². The van der Waals surface area contributed by atoms with Gasteiger partial charge in [-0.25, -0.2) is 0 Å². The van der Waals surface area contributed by atoms with E-state index in [1.54, 1.807) is 0 Å². The van der Waals surface area contributed by atoms with E-state index in [2.05, 4.69) is 57.4 Å². The molecule has 0 nitrogen and oxygen atoms in total. The topological polar surface area (TPSA) is 0 Å². The maximum atomic E-state index is 2.31. The van der Waals surface area contributed by atoms with Crippen LogP contribution in [-0.4, -0.2) is 0 Å². The van der Waals surface area contributed by atoms with Crippen molar-refractivity contribution in [2.75, 3.05) is 0 Å². The third-order valence-corrected chi connectivity index (χ3v) is 2.24. The van der Waals surface area contributed by atoms with Crippen LogP contribution >= 0.6 is 22.6 Å². The number of hydrogen-bond acceptors (Lipinski definition) is 0. The first kappa shape index (κ1) is 9.04. The van der Waals surface area contributed by atoms with Crippen LogP contribution in [-0.2, 0) is 6.42 Å². The second kappa shape index (κ2) is 5.58. The molecule has 0 aliphatic heterocycles. The van der Waals surface area contributed by atoms with E-state index in [-0.39, 0.29) is 0 Å². The molecule has 1 radical (unpaired) electrons. The molecule has 11 heavy (non-hydrogen) atoms. The molecule has 0 heterocycles. The Morgan fingerprint density at radius 1 is 1.18 bits per heavy atom. The Balaban J connectivity index is 2.28. The minimum Gasteiger partial charge on any atom is -0.0815 e. The molecule has 0 aromatic heterocycles. The highest BCUT2D eigenvalue weighted by Gasteiger charge is 1.89. The molecule has 0 aliphatic carbocycles. The number of benzene rings is 1. The van der Waals surface area contributed by atoms with Gasteiger partial charge >= 0.3 is 0 Å². The van der Waals surface area contributed by atoms with Crippen LogP contribution in [0.4, 0.5) is 0 Å². The molecule has 0 bridgehead atoms. The van der Waals surface area contributed by atoms with Crippen molar-refractivity contribution in [1.29, 1.82) is 0 Å². The Hall–Kier alpha value is -0.0500. The quantitative estimate of drug-likeness (QED) is 0.572. The fourth-order valence-corrected chi connectivity index (χ4v) is 1.47. The zero-order valence-electron chi connectivity index (χ0n) is 6.46. The second-order valence-corrected chi connectivity index (χ2v) is 3.41. The van der Waals surface area contributed by atoms with Gasteiger partial charge in [-0.05, 0) is 24.8 Å². The predicted octanol–water partition coefficient (Wildman–Crippen LogP) is 3.61. The first-order valence-electron chi connectivity index (χ1n) is 3.89. The van der Waals surface area contributed by atoms with Crippen LogP contribution in [0, 0.1) is 4.43 Å². The van der Waals surface area contributed by atoms with Crippen molar-refractivity contribution in [1.82, 2.24) is 0 Å². The number of halogens is 1. The number of aryl methyl sites for hydroxylation is 1. The first-order chi connectivity index (χ1) is 5.43. The van der Waals surface area contributed by atoms with Crippen molar-refractivity contribution in [3.8, 4) is 0 Å². The SMILES string of the molecule is I[CH]CCCc1ccccc1. The summed E-state index contributed by atoms with van der Waals surface area (Å²) in [6, 6.07) is 10.6. The van der Waals surface area contributed by atoms with E-state index in [0.717, 1.165) is 0 Å². The summed E-state index contributed by atoms with van der Waals surface area (Å²) < 4.78 is 2.20. The van der Waals surface area contributed by atoms with Gasteiger partial charge in [0.15, 0.2) is 0 Å². The molecular formula is C10H12I. The average Bonchev–Trinajstić information content (AvgIpc) is 2.07. The number of unbranched alkanes of at least 4 members (excludes halogenated alkanes) is 1. The lowest BCUT2D eigenvalue weighted by atomic mass is 10.1. The molecule has 0 atom stereocenters. The molecule has 0 fully saturated rings. The van der Waals surface area contributed by atoms with Gasteiger partial charge in [0.1, 0.15) is 0 Å². The Kier molecular flexibility index (Phi) is 4.59. The summed E-state index contributed by atoms with van der Waals surface area (Å²) >= 11 is 2.31. The van der Waals surface area contributed by atoms with Gasteiger partial charge in [-0.2, -0.15) is 0 Å². The lowest BCUT2D eigenvalue weighted by Crippen LogP contribution is -1.82. The highest BCUT2D eigenvalue weighted by atomic mass is 127. The second-order valence-electron chi connectivity index (χ2n) is 2.53. The molecule has 0 aliphatic rings. The molecule has 1 aromatic carbocycles. The fourth-order valence-electron chi connectivity index (χ4n) is 1.03. The van der Waals surface area contributed by atoms with Crippen LogP contribution < -0.4 is 0 Å². The van der Waals surface area contributed by atoms with Gasteiger partial charge in [0.2, 0.25) is 0 Å². The normalized spacial score (nSPS) is 9.91. The van der Waals surface area contributed by atoms with E-state index in [1.165, 1.54) is 24.8 Å². The third-order valence-electron chi connectivity index (χ3n) is 1.62. The van der Waals surface area contributed by atoms with Crippen molar-refractivity contribution >= 4 is 22.6 Å². The monoisotopic (exact) mass is 259 g/mol. The van der Waals surface area contributed by atoms with Crippen molar-refractivity contribution in [3.05, 3.63) is 40.3 Å². The highest BCUT2D eigenvalue weighted by molar-refractivity contribution is 14.1. The van der Waals surface area contributed by atoms with Crippen molar-refractivity contribution in [2.45, 2.75) is 19.3 Å². The minimum atomic E-state index is 1.21. The smallest absolute Gasteiger partial charge is 0.0228 e. The maximum absolute atomic E-state index is 2.31. The van der Waals surface area contributed by atoms with Crippen LogP contribution in [0.5, 0.6) is 0 Å². The molecule has 0 saturated carbocycles. The van der Waals surface area contributed by atoms with Crippen LogP contribution in [0.1, 0.15) is 18.4 Å². The molecule has 0 saturated heterocycles. The van der Waals surface area contributed by atoms with E-state index in [0.29, 0.717) is 0 Å². The van der Waals surface area contributed by atoms with Crippen molar-refractivity contribution in [2.24, 2.45) is 0 Å². The number of rotatable bonds is 4. The van der Waals surface area contributed by atoms with Gasteiger partial charge in [0.05, 0.1) is 0 Å². The van der Waals surface area contributed by atoms with Gasteiger partial charge < -0.3 is 0 Å². The van der Waals surface area contributed by atoms with Gasteiger partial charge in [-0.15, -0.1) is 0 Å². The Morgan fingerprint density at radius 2 is 1.91 bits per heavy atom. The summed E-state index contributed by atoms with van der Waals surface area (Å²) in [6.07, 6.45) is 3.70. The molecule has 0 unspecified atom stereocenters. The van der Waals surface area contributed by atoms with Crippen LogP contribution in [0.2, 0.25) is 0 Å². The first-order valence-corrected chi connectivity index (χ1v) is 5.14. The largest absolute Gasteiger partial charge is 0.0815 e. The lowest BCUT2D eigenvalue weighted by Gasteiger charge is -1.97. The summed E-state index contributed by atoms with van der Waals surface area (Å²) in [7, 11) is 0.